The fourth-order valence-corrected chi connectivity index (χ4v) is 1.65. The Morgan fingerprint density at radius 3 is 2.24 bits per heavy atom. The van der Waals surface area contributed by atoms with E-state index < -0.39 is 31.1 Å². The Kier molecular flexibility index (Phi) is 4.46. The highest BCUT2D eigenvalue weighted by Gasteiger charge is 2.19. The predicted molar refractivity (Wildman–Crippen MR) is 60.2 cm³/mol. The van der Waals surface area contributed by atoms with Crippen molar-refractivity contribution < 1.29 is 24.6 Å². The Balaban J connectivity index is 2.65. The first kappa shape index (κ1) is 13.0. The zero-order chi connectivity index (χ0) is 12.8. The predicted octanol–water partition coefficient (Wildman–Crippen LogP) is 0.751. The number of amides is 2. The van der Waals surface area contributed by atoms with E-state index in [1.165, 1.54) is 11.3 Å². The van der Waals surface area contributed by atoms with Gasteiger partial charge in [-0.2, -0.15) is 11.3 Å². The second-order valence-electron chi connectivity index (χ2n) is 3.09. The average Bonchev–Trinajstić information content (AvgIpc) is 2.67. The third kappa shape index (κ3) is 4.51. The van der Waals surface area contributed by atoms with Crippen LogP contribution in [0.5, 0.6) is 0 Å². The SMILES string of the molecule is O=C(O)CN(CC(=O)O)C(=O)Nc1ccsc1. The Morgan fingerprint density at radius 1 is 1.24 bits per heavy atom. The van der Waals surface area contributed by atoms with Crippen LogP contribution in [0.3, 0.4) is 0 Å². The molecule has 3 N–H and O–H groups in total. The van der Waals surface area contributed by atoms with E-state index in [0.717, 1.165) is 0 Å². The van der Waals surface area contributed by atoms with E-state index in [1.54, 1.807) is 16.8 Å². The Labute approximate surface area is 100 Å². The maximum absolute atomic E-state index is 11.6. The van der Waals surface area contributed by atoms with Gasteiger partial charge in [-0.15, -0.1) is 0 Å². The fourth-order valence-electron chi connectivity index (χ4n) is 1.06. The number of carboxylic acids is 2. The number of aliphatic carboxylic acids is 2. The van der Waals surface area contributed by atoms with Crippen LogP contribution in [-0.2, 0) is 9.59 Å². The maximum atomic E-state index is 11.6. The highest BCUT2D eigenvalue weighted by atomic mass is 32.1. The lowest BCUT2D eigenvalue weighted by Crippen LogP contribution is -2.41. The van der Waals surface area contributed by atoms with Crippen molar-refractivity contribution in [2.24, 2.45) is 0 Å². The largest absolute Gasteiger partial charge is 0.480 e. The molecule has 1 heterocycles. The van der Waals surface area contributed by atoms with Gasteiger partial charge < -0.3 is 20.4 Å². The summed E-state index contributed by atoms with van der Waals surface area (Å²) in [6.07, 6.45) is 0. The van der Waals surface area contributed by atoms with E-state index in [-0.39, 0.29) is 0 Å². The molecular weight excluding hydrogens is 248 g/mol. The molecule has 7 nitrogen and oxygen atoms in total. The highest BCUT2D eigenvalue weighted by Crippen LogP contribution is 2.12. The van der Waals surface area contributed by atoms with Crippen molar-refractivity contribution in [3.63, 3.8) is 0 Å². The number of nitrogens with zero attached hydrogens (tertiary/aromatic N) is 1. The molecule has 0 unspecified atom stereocenters. The van der Waals surface area contributed by atoms with Crippen LogP contribution in [0.25, 0.3) is 0 Å². The van der Waals surface area contributed by atoms with Crippen LogP contribution in [0, 0.1) is 0 Å². The summed E-state index contributed by atoms with van der Waals surface area (Å²) in [6.45, 7) is -1.33. The van der Waals surface area contributed by atoms with E-state index in [9.17, 15) is 14.4 Å². The first-order valence-electron chi connectivity index (χ1n) is 4.50. The van der Waals surface area contributed by atoms with Gasteiger partial charge in [0.2, 0.25) is 0 Å². The van der Waals surface area contributed by atoms with Crippen molar-refractivity contribution in [1.29, 1.82) is 0 Å². The second kappa shape index (κ2) is 5.85. The summed E-state index contributed by atoms with van der Waals surface area (Å²) in [5.41, 5.74) is 0.501. The zero-order valence-corrected chi connectivity index (χ0v) is 9.44. The normalized spacial score (nSPS) is 9.65. The number of anilines is 1. The Hall–Kier alpha value is -2.09. The molecule has 1 aromatic heterocycles. The lowest BCUT2D eigenvalue weighted by molar-refractivity contribution is -0.140. The number of carboxylic acid groups (broad SMARTS) is 2. The molecule has 0 aliphatic carbocycles. The van der Waals surface area contributed by atoms with Crippen molar-refractivity contribution in [2.75, 3.05) is 18.4 Å². The number of carbonyl (C=O) groups is 3. The summed E-state index contributed by atoms with van der Waals surface area (Å²) in [4.78, 5) is 33.2. The number of rotatable bonds is 5. The monoisotopic (exact) mass is 258 g/mol. The van der Waals surface area contributed by atoms with Crippen LogP contribution < -0.4 is 5.32 Å². The second-order valence-corrected chi connectivity index (χ2v) is 3.87. The zero-order valence-electron chi connectivity index (χ0n) is 8.62. The molecule has 1 rings (SSSR count). The molecule has 0 fully saturated rings. The molecule has 1 aromatic rings. The van der Waals surface area contributed by atoms with Gasteiger partial charge in [0.05, 0.1) is 5.69 Å². The van der Waals surface area contributed by atoms with E-state index >= 15 is 0 Å². The van der Waals surface area contributed by atoms with Crippen LogP contribution in [0.2, 0.25) is 0 Å². The molecule has 8 heteroatoms. The number of urea groups is 1. The molecule has 92 valence electrons. The Morgan fingerprint density at radius 2 is 1.82 bits per heavy atom. The van der Waals surface area contributed by atoms with Gasteiger partial charge in [-0.3, -0.25) is 9.59 Å². The van der Waals surface area contributed by atoms with Crippen LogP contribution in [0.1, 0.15) is 0 Å². The van der Waals surface area contributed by atoms with Gasteiger partial charge in [0.1, 0.15) is 13.1 Å². The van der Waals surface area contributed by atoms with Gasteiger partial charge in [0.25, 0.3) is 0 Å². The first-order chi connectivity index (χ1) is 7.99. The van der Waals surface area contributed by atoms with Crippen LogP contribution >= 0.6 is 11.3 Å². The number of hydrogen-bond donors (Lipinski definition) is 3. The molecule has 0 aliphatic rings. The quantitative estimate of drug-likeness (QED) is 0.722. The summed E-state index contributed by atoms with van der Waals surface area (Å²) in [7, 11) is 0. The van der Waals surface area contributed by atoms with Crippen LogP contribution in [0.4, 0.5) is 10.5 Å². The van der Waals surface area contributed by atoms with Crippen LogP contribution in [0.15, 0.2) is 16.8 Å². The van der Waals surface area contributed by atoms with Gasteiger partial charge >= 0.3 is 18.0 Å². The summed E-state index contributed by atoms with van der Waals surface area (Å²) in [6, 6.07) is 0.871. The maximum Gasteiger partial charge on any atom is 0.323 e. The van der Waals surface area contributed by atoms with E-state index in [1.807, 2.05) is 0 Å². The van der Waals surface area contributed by atoms with E-state index in [2.05, 4.69) is 5.32 Å². The summed E-state index contributed by atoms with van der Waals surface area (Å²) in [5.74, 6) is -2.54. The van der Waals surface area contributed by atoms with E-state index in [4.69, 9.17) is 10.2 Å². The molecule has 0 spiro atoms. The van der Waals surface area contributed by atoms with Crippen molar-refractivity contribution >= 4 is 35.0 Å². The lowest BCUT2D eigenvalue weighted by atomic mass is 10.4. The highest BCUT2D eigenvalue weighted by molar-refractivity contribution is 7.08. The third-order valence-corrected chi connectivity index (χ3v) is 2.40. The molecule has 0 atom stereocenters. The van der Waals surface area contributed by atoms with Gasteiger partial charge in [-0.25, -0.2) is 4.79 Å². The van der Waals surface area contributed by atoms with Gasteiger partial charge in [0.15, 0.2) is 0 Å². The molecule has 0 saturated heterocycles. The van der Waals surface area contributed by atoms with Gasteiger partial charge in [-0.05, 0) is 11.4 Å². The minimum absolute atomic E-state index is 0.501. The molecule has 0 radical (unpaired) electrons. The van der Waals surface area contributed by atoms with E-state index in [0.29, 0.717) is 10.6 Å². The molecule has 2 amide bonds. The molecule has 17 heavy (non-hydrogen) atoms. The molecule has 0 aliphatic heterocycles. The standard InChI is InChI=1S/C9H10N2O5S/c12-7(13)3-11(4-8(14)15)9(16)10-6-1-2-17-5-6/h1-2,5H,3-4H2,(H,10,16)(H,12,13)(H,14,15). The molecule has 0 saturated carbocycles. The lowest BCUT2D eigenvalue weighted by Gasteiger charge is -2.18. The van der Waals surface area contributed by atoms with Crippen molar-refractivity contribution in [2.45, 2.75) is 0 Å². The number of hydrogen-bond acceptors (Lipinski definition) is 4. The minimum Gasteiger partial charge on any atom is -0.480 e. The Bertz CT molecular complexity index is 401. The summed E-state index contributed by atoms with van der Waals surface area (Å²) < 4.78 is 0. The minimum atomic E-state index is -1.27. The third-order valence-electron chi connectivity index (χ3n) is 1.71. The van der Waals surface area contributed by atoms with Crippen molar-refractivity contribution in [3.8, 4) is 0 Å². The van der Waals surface area contributed by atoms with Crippen LogP contribution in [-0.4, -0.2) is 46.2 Å². The first-order valence-corrected chi connectivity index (χ1v) is 5.45. The molecule has 0 bridgehead atoms. The number of carbonyl (C=O) groups excluding carboxylic acids is 1. The summed E-state index contributed by atoms with van der Waals surface area (Å²) >= 11 is 1.36. The van der Waals surface area contributed by atoms with Crippen molar-refractivity contribution in [1.82, 2.24) is 4.90 Å². The van der Waals surface area contributed by atoms with Gasteiger partial charge in [0, 0.05) is 5.38 Å². The smallest absolute Gasteiger partial charge is 0.323 e. The number of thiophene rings is 1. The summed E-state index contributed by atoms with van der Waals surface area (Å²) in [5, 5.41) is 22.9. The van der Waals surface area contributed by atoms with Crippen molar-refractivity contribution in [3.05, 3.63) is 16.8 Å². The fraction of sp³-hybridized carbons (Fsp3) is 0.222. The topological polar surface area (TPSA) is 107 Å². The average molecular weight is 258 g/mol. The molecular formula is C9H10N2O5S. The number of nitrogens with one attached hydrogen (secondary N) is 1. The molecule has 0 aromatic carbocycles. The van der Waals surface area contributed by atoms with Gasteiger partial charge in [-0.1, -0.05) is 0 Å².